The number of hydrogen-bond donors (Lipinski definition) is 1. The summed E-state index contributed by atoms with van der Waals surface area (Å²) in [6.45, 7) is 1.37. The van der Waals surface area contributed by atoms with Crippen LogP contribution in [0.5, 0.6) is 11.5 Å². The Balaban J connectivity index is 1.54. The van der Waals surface area contributed by atoms with Crippen molar-refractivity contribution in [2.75, 3.05) is 19.8 Å². The van der Waals surface area contributed by atoms with Gasteiger partial charge in [0.1, 0.15) is 6.61 Å². The van der Waals surface area contributed by atoms with Gasteiger partial charge in [-0.3, -0.25) is 0 Å². The molecular weight excluding hydrogens is 274 g/mol. The number of ether oxygens (including phenoxy) is 3. The van der Waals surface area contributed by atoms with E-state index in [1.165, 1.54) is 0 Å². The van der Waals surface area contributed by atoms with Crippen molar-refractivity contribution in [3.63, 3.8) is 0 Å². The maximum atomic E-state index is 5.95. The standard InChI is InChI=1S/C14H15N3O4/c15-9-6-18-5-8(9)14-16-13(17-21-14)12-7-19-10-3-1-2-4-11(10)20-12/h1-4,8-9,12H,5-7,15H2. The number of aromatic nitrogens is 2. The van der Waals surface area contributed by atoms with Gasteiger partial charge in [0.25, 0.3) is 0 Å². The molecule has 0 spiro atoms. The molecule has 2 aromatic rings. The summed E-state index contributed by atoms with van der Waals surface area (Å²) in [5, 5.41) is 3.99. The first-order valence-corrected chi connectivity index (χ1v) is 6.86. The molecule has 0 radical (unpaired) electrons. The molecule has 3 unspecified atom stereocenters. The van der Waals surface area contributed by atoms with E-state index in [1.54, 1.807) is 0 Å². The molecule has 1 aromatic carbocycles. The summed E-state index contributed by atoms with van der Waals surface area (Å²) in [6, 6.07) is 7.39. The van der Waals surface area contributed by atoms with Gasteiger partial charge in [-0.2, -0.15) is 4.98 Å². The quantitative estimate of drug-likeness (QED) is 0.882. The van der Waals surface area contributed by atoms with Gasteiger partial charge in [-0.15, -0.1) is 0 Å². The summed E-state index contributed by atoms with van der Waals surface area (Å²) in [4.78, 5) is 4.40. The van der Waals surface area contributed by atoms with Crippen molar-refractivity contribution in [3.8, 4) is 11.5 Å². The van der Waals surface area contributed by atoms with Crippen LogP contribution in [0.1, 0.15) is 23.7 Å². The number of para-hydroxylation sites is 2. The molecule has 2 N–H and O–H groups in total. The van der Waals surface area contributed by atoms with Crippen LogP contribution >= 0.6 is 0 Å². The molecule has 7 heteroatoms. The van der Waals surface area contributed by atoms with E-state index in [2.05, 4.69) is 10.1 Å². The minimum absolute atomic E-state index is 0.0527. The van der Waals surface area contributed by atoms with Gasteiger partial charge >= 0.3 is 0 Å². The number of nitrogens with zero attached hydrogens (tertiary/aromatic N) is 2. The van der Waals surface area contributed by atoms with E-state index < -0.39 is 0 Å². The van der Waals surface area contributed by atoms with Crippen LogP contribution < -0.4 is 15.2 Å². The molecule has 0 aliphatic carbocycles. The lowest BCUT2D eigenvalue weighted by Crippen LogP contribution is -2.27. The molecule has 2 aliphatic heterocycles. The van der Waals surface area contributed by atoms with Crippen LogP contribution in [0, 0.1) is 0 Å². The first kappa shape index (κ1) is 12.6. The summed E-state index contributed by atoms with van der Waals surface area (Å²) < 4.78 is 22.1. The predicted molar refractivity (Wildman–Crippen MR) is 71.1 cm³/mol. The number of benzene rings is 1. The lowest BCUT2D eigenvalue weighted by molar-refractivity contribution is 0.0832. The van der Waals surface area contributed by atoms with Gasteiger partial charge in [-0.25, -0.2) is 0 Å². The van der Waals surface area contributed by atoms with Crippen LogP contribution in [-0.4, -0.2) is 36.0 Å². The van der Waals surface area contributed by atoms with Crippen molar-refractivity contribution in [2.24, 2.45) is 5.73 Å². The number of hydrogen-bond acceptors (Lipinski definition) is 7. The van der Waals surface area contributed by atoms with Crippen molar-refractivity contribution >= 4 is 0 Å². The van der Waals surface area contributed by atoms with Gasteiger partial charge in [0.2, 0.25) is 11.7 Å². The maximum absolute atomic E-state index is 5.95. The van der Waals surface area contributed by atoms with Crippen LogP contribution in [0.2, 0.25) is 0 Å². The average molecular weight is 289 g/mol. The molecule has 1 fully saturated rings. The van der Waals surface area contributed by atoms with E-state index in [9.17, 15) is 0 Å². The van der Waals surface area contributed by atoms with E-state index >= 15 is 0 Å². The van der Waals surface area contributed by atoms with Crippen molar-refractivity contribution in [1.82, 2.24) is 10.1 Å². The maximum Gasteiger partial charge on any atom is 0.233 e. The minimum atomic E-state index is -0.379. The fourth-order valence-corrected chi connectivity index (χ4v) is 2.50. The second-order valence-corrected chi connectivity index (χ2v) is 5.16. The summed E-state index contributed by atoms with van der Waals surface area (Å²) >= 11 is 0. The highest BCUT2D eigenvalue weighted by molar-refractivity contribution is 5.40. The Morgan fingerprint density at radius 1 is 1.10 bits per heavy atom. The lowest BCUT2D eigenvalue weighted by atomic mass is 10.1. The van der Waals surface area contributed by atoms with Crippen molar-refractivity contribution in [1.29, 1.82) is 0 Å². The second kappa shape index (κ2) is 5.01. The van der Waals surface area contributed by atoms with E-state index in [0.717, 1.165) is 5.75 Å². The van der Waals surface area contributed by atoms with Crippen LogP contribution in [0.25, 0.3) is 0 Å². The van der Waals surface area contributed by atoms with Gasteiger partial charge in [0.05, 0.1) is 19.1 Å². The summed E-state index contributed by atoms with van der Waals surface area (Å²) in [5.74, 6) is 2.32. The highest BCUT2D eigenvalue weighted by Gasteiger charge is 2.33. The van der Waals surface area contributed by atoms with Crippen molar-refractivity contribution < 1.29 is 18.7 Å². The number of rotatable bonds is 2. The topological polar surface area (TPSA) is 92.6 Å². The Hall–Kier alpha value is -2.12. The molecular formula is C14H15N3O4. The average Bonchev–Trinajstić information content (AvgIpc) is 3.15. The number of fused-ring (bicyclic) bond motifs is 1. The van der Waals surface area contributed by atoms with E-state index in [1.807, 2.05) is 24.3 Å². The SMILES string of the molecule is NC1COCC1c1nc(C2COc3ccccc3O2)no1. The highest BCUT2D eigenvalue weighted by atomic mass is 16.6. The van der Waals surface area contributed by atoms with Crippen molar-refractivity contribution in [2.45, 2.75) is 18.1 Å². The van der Waals surface area contributed by atoms with Crippen molar-refractivity contribution in [3.05, 3.63) is 36.0 Å². The van der Waals surface area contributed by atoms with Crippen LogP contribution in [0.15, 0.2) is 28.8 Å². The Bertz CT molecular complexity index is 645. The Labute approximate surface area is 121 Å². The fourth-order valence-electron chi connectivity index (χ4n) is 2.50. The molecule has 0 saturated carbocycles. The van der Waals surface area contributed by atoms with Gasteiger partial charge in [-0.05, 0) is 12.1 Å². The molecule has 3 atom stereocenters. The van der Waals surface area contributed by atoms with E-state index in [0.29, 0.717) is 37.3 Å². The number of nitrogens with two attached hydrogens (primary N) is 1. The third-order valence-electron chi connectivity index (χ3n) is 3.70. The van der Waals surface area contributed by atoms with Crippen LogP contribution in [0.3, 0.4) is 0 Å². The second-order valence-electron chi connectivity index (χ2n) is 5.16. The van der Waals surface area contributed by atoms with Crippen LogP contribution in [-0.2, 0) is 4.74 Å². The first-order valence-electron chi connectivity index (χ1n) is 6.86. The highest BCUT2D eigenvalue weighted by Crippen LogP contribution is 2.35. The molecule has 1 saturated heterocycles. The Morgan fingerprint density at radius 2 is 1.95 bits per heavy atom. The van der Waals surface area contributed by atoms with Gasteiger partial charge in [0.15, 0.2) is 17.6 Å². The predicted octanol–water partition coefficient (Wildman–Crippen LogP) is 1.02. The summed E-state index contributed by atoms with van der Waals surface area (Å²) in [7, 11) is 0. The van der Waals surface area contributed by atoms with Gasteiger partial charge in [0, 0.05) is 6.04 Å². The van der Waals surface area contributed by atoms with E-state index in [-0.39, 0.29) is 18.1 Å². The molecule has 0 amide bonds. The smallest absolute Gasteiger partial charge is 0.233 e. The first-order chi connectivity index (χ1) is 10.3. The minimum Gasteiger partial charge on any atom is -0.485 e. The lowest BCUT2D eigenvalue weighted by Gasteiger charge is -2.24. The molecule has 1 aromatic heterocycles. The molecule has 4 rings (SSSR count). The molecule has 110 valence electrons. The van der Waals surface area contributed by atoms with Crippen LogP contribution in [0.4, 0.5) is 0 Å². The molecule has 2 aliphatic rings. The summed E-state index contributed by atoms with van der Waals surface area (Å²) in [6.07, 6.45) is -0.379. The van der Waals surface area contributed by atoms with E-state index in [4.69, 9.17) is 24.5 Å². The largest absolute Gasteiger partial charge is 0.485 e. The zero-order valence-electron chi connectivity index (χ0n) is 11.3. The zero-order chi connectivity index (χ0) is 14.2. The van der Waals surface area contributed by atoms with Gasteiger partial charge in [-0.1, -0.05) is 17.3 Å². The Morgan fingerprint density at radius 3 is 2.76 bits per heavy atom. The Kier molecular flexibility index (Phi) is 3.01. The molecule has 21 heavy (non-hydrogen) atoms. The third-order valence-corrected chi connectivity index (χ3v) is 3.70. The normalized spacial score (nSPS) is 27.8. The monoisotopic (exact) mass is 289 g/mol. The molecule has 7 nitrogen and oxygen atoms in total. The fraction of sp³-hybridized carbons (Fsp3) is 0.429. The molecule has 0 bridgehead atoms. The van der Waals surface area contributed by atoms with Gasteiger partial charge < -0.3 is 24.5 Å². The summed E-state index contributed by atoms with van der Waals surface area (Å²) in [5.41, 5.74) is 5.95. The molecule has 3 heterocycles. The zero-order valence-corrected chi connectivity index (χ0v) is 11.3. The third kappa shape index (κ3) is 2.24.